The van der Waals surface area contributed by atoms with Gasteiger partial charge in [-0.05, 0) is 54.0 Å². The van der Waals surface area contributed by atoms with Crippen molar-refractivity contribution >= 4 is 17.1 Å². The fraction of sp³-hybridized carbons (Fsp3) is 0.706. The lowest BCUT2D eigenvalue weighted by Gasteiger charge is -2.32. The van der Waals surface area contributed by atoms with E-state index in [0.717, 1.165) is 44.3 Å². The van der Waals surface area contributed by atoms with E-state index in [1.807, 2.05) is 0 Å². The highest BCUT2D eigenvalue weighted by Gasteiger charge is 2.34. The maximum atomic E-state index is 12.2. The van der Waals surface area contributed by atoms with Gasteiger partial charge in [0.1, 0.15) is 5.78 Å². The van der Waals surface area contributed by atoms with Gasteiger partial charge in [-0.15, -0.1) is 0 Å². The van der Waals surface area contributed by atoms with Crippen LogP contribution in [-0.2, 0) is 11.3 Å². The summed E-state index contributed by atoms with van der Waals surface area (Å²) in [5, 5.41) is 4.40. The molecule has 0 radical (unpaired) electrons. The van der Waals surface area contributed by atoms with E-state index in [0.29, 0.717) is 11.7 Å². The second kappa shape index (κ2) is 6.40. The maximum Gasteiger partial charge on any atom is 0.137 e. The lowest BCUT2D eigenvalue weighted by atomic mass is 9.79. The summed E-state index contributed by atoms with van der Waals surface area (Å²) >= 11 is 1.77. The standard InChI is InChI=1S/C17H25NOS/c1-2-13-3-6-17(19)15(9-13)11-18(16-4-5-16)10-14-7-8-20-12-14/h7-8,12-13,15-16H,2-6,9-11H2,1H3. The first-order valence-corrected chi connectivity index (χ1v) is 8.98. The molecule has 0 saturated heterocycles. The SMILES string of the molecule is CCC1CCC(=O)C(CN(Cc2ccsc2)C2CC2)C1. The fourth-order valence-corrected chi connectivity index (χ4v) is 4.09. The molecule has 0 aromatic carbocycles. The van der Waals surface area contributed by atoms with Gasteiger partial charge >= 0.3 is 0 Å². The van der Waals surface area contributed by atoms with Crippen LogP contribution < -0.4 is 0 Å². The van der Waals surface area contributed by atoms with Gasteiger partial charge in [0.05, 0.1) is 0 Å². The summed E-state index contributed by atoms with van der Waals surface area (Å²) in [7, 11) is 0. The lowest BCUT2D eigenvalue weighted by Crippen LogP contribution is -2.37. The Morgan fingerprint density at radius 3 is 2.85 bits per heavy atom. The van der Waals surface area contributed by atoms with Crippen LogP contribution in [0.4, 0.5) is 0 Å². The van der Waals surface area contributed by atoms with Crippen molar-refractivity contribution in [2.45, 2.75) is 58.0 Å². The second-order valence-electron chi connectivity index (χ2n) is 6.50. The minimum Gasteiger partial charge on any atom is -0.299 e. The quantitative estimate of drug-likeness (QED) is 0.786. The van der Waals surface area contributed by atoms with E-state index < -0.39 is 0 Å². The van der Waals surface area contributed by atoms with Crippen LogP contribution in [0, 0.1) is 11.8 Å². The third-order valence-corrected chi connectivity index (χ3v) is 5.67. The van der Waals surface area contributed by atoms with Crippen LogP contribution in [0.5, 0.6) is 0 Å². The summed E-state index contributed by atoms with van der Waals surface area (Å²) in [5.74, 6) is 1.60. The van der Waals surface area contributed by atoms with Crippen molar-refractivity contribution in [3.05, 3.63) is 22.4 Å². The van der Waals surface area contributed by atoms with Crippen molar-refractivity contribution in [2.75, 3.05) is 6.54 Å². The molecule has 2 saturated carbocycles. The Kier molecular flexibility index (Phi) is 4.57. The molecule has 1 aromatic rings. The molecule has 0 N–H and O–H groups in total. The number of hydrogen-bond acceptors (Lipinski definition) is 3. The van der Waals surface area contributed by atoms with Gasteiger partial charge in [-0.3, -0.25) is 9.69 Å². The number of rotatable bonds is 6. The van der Waals surface area contributed by atoms with E-state index in [-0.39, 0.29) is 0 Å². The number of hydrogen-bond donors (Lipinski definition) is 0. The van der Waals surface area contributed by atoms with Crippen LogP contribution >= 0.6 is 11.3 Å². The molecule has 110 valence electrons. The Hall–Kier alpha value is -0.670. The third-order valence-electron chi connectivity index (χ3n) is 4.93. The Morgan fingerprint density at radius 2 is 2.20 bits per heavy atom. The number of ketones is 1. The highest BCUT2D eigenvalue weighted by Crippen LogP contribution is 2.34. The fourth-order valence-electron chi connectivity index (χ4n) is 3.43. The Morgan fingerprint density at radius 1 is 1.35 bits per heavy atom. The monoisotopic (exact) mass is 291 g/mol. The molecule has 1 heterocycles. The second-order valence-corrected chi connectivity index (χ2v) is 7.28. The van der Waals surface area contributed by atoms with E-state index in [1.54, 1.807) is 11.3 Å². The maximum absolute atomic E-state index is 12.2. The minimum atomic E-state index is 0.299. The molecule has 0 bridgehead atoms. The van der Waals surface area contributed by atoms with Crippen molar-refractivity contribution in [1.82, 2.24) is 4.90 Å². The number of carbonyl (C=O) groups is 1. The largest absolute Gasteiger partial charge is 0.299 e. The van der Waals surface area contributed by atoms with Gasteiger partial charge in [0.2, 0.25) is 0 Å². The van der Waals surface area contributed by atoms with E-state index in [2.05, 4.69) is 28.7 Å². The van der Waals surface area contributed by atoms with E-state index in [4.69, 9.17) is 0 Å². The molecular weight excluding hydrogens is 266 g/mol. The smallest absolute Gasteiger partial charge is 0.137 e. The first kappa shape index (κ1) is 14.3. The number of Topliss-reactive ketones (excluding diaryl/α,β-unsaturated/α-hetero) is 1. The van der Waals surface area contributed by atoms with Crippen molar-refractivity contribution in [2.24, 2.45) is 11.8 Å². The Labute approximate surface area is 126 Å². The normalized spacial score (nSPS) is 27.2. The molecule has 1 aromatic heterocycles. The number of carbonyl (C=O) groups excluding carboxylic acids is 1. The summed E-state index contributed by atoms with van der Waals surface area (Å²) in [4.78, 5) is 14.8. The summed E-state index contributed by atoms with van der Waals surface area (Å²) in [6.07, 6.45) is 6.95. The number of thiophene rings is 1. The van der Waals surface area contributed by atoms with Gasteiger partial charge < -0.3 is 0 Å². The third kappa shape index (κ3) is 3.50. The predicted molar refractivity (Wildman–Crippen MR) is 83.9 cm³/mol. The summed E-state index contributed by atoms with van der Waals surface area (Å²) < 4.78 is 0. The highest BCUT2D eigenvalue weighted by atomic mass is 32.1. The molecule has 2 unspecified atom stereocenters. The molecule has 3 rings (SSSR count). The molecule has 2 aliphatic carbocycles. The van der Waals surface area contributed by atoms with Crippen LogP contribution in [0.15, 0.2) is 16.8 Å². The topological polar surface area (TPSA) is 20.3 Å². The molecule has 0 spiro atoms. The lowest BCUT2D eigenvalue weighted by molar-refractivity contribution is -0.126. The molecule has 20 heavy (non-hydrogen) atoms. The summed E-state index contributed by atoms with van der Waals surface area (Å²) in [6, 6.07) is 2.96. The minimum absolute atomic E-state index is 0.299. The Balaban J connectivity index is 1.61. The van der Waals surface area contributed by atoms with Gasteiger partial charge in [-0.2, -0.15) is 11.3 Å². The molecular formula is C17H25NOS. The number of nitrogens with zero attached hydrogens (tertiary/aromatic N) is 1. The van der Waals surface area contributed by atoms with E-state index in [1.165, 1.54) is 24.8 Å². The van der Waals surface area contributed by atoms with Gasteiger partial charge in [0.25, 0.3) is 0 Å². The molecule has 2 fully saturated rings. The zero-order chi connectivity index (χ0) is 13.9. The van der Waals surface area contributed by atoms with Crippen molar-refractivity contribution in [1.29, 1.82) is 0 Å². The Bertz CT molecular complexity index is 438. The molecule has 3 heteroatoms. The molecule has 0 amide bonds. The molecule has 2 aliphatic rings. The zero-order valence-electron chi connectivity index (χ0n) is 12.4. The van der Waals surface area contributed by atoms with Gasteiger partial charge in [-0.25, -0.2) is 0 Å². The summed E-state index contributed by atoms with van der Waals surface area (Å²) in [5.41, 5.74) is 1.41. The summed E-state index contributed by atoms with van der Waals surface area (Å²) in [6.45, 7) is 4.30. The van der Waals surface area contributed by atoms with Gasteiger partial charge in [0, 0.05) is 31.5 Å². The van der Waals surface area contributed by atoms with E-state index >= 15 is 0 Å². The van der Waals surface area contributed by atoms with Gasteiger partial charge in [0.15, 0.2) is 0 Å². The zero-order valence-corrected chi connectivity index (χ0v) is 13.2. The first-order chi connectivity index (χ1) is 9.76. The van der Waals surface area contributed by atoms with Crippen molar-refractivity contribution in [3.8, 4) is 0 Å². The van der Waals surface area contributed by atoms with Crippen molar-refractivity contribution in [3.63, 3.8) is 0 Å². The van der Waals surface area contributed by atoms with Crippen LogP contribution in [0.3, 0.4) is 0 Å². The predicted octanol–water partition coefficient (Wildman–Crippen LogP) is 4.11. The molecule has 0 aliphatic heterocycles. The van der Waals surface area contributed by atoms with Gasteiger partial charge in [-0.1, -0.05) is 13.3 Å². The van der Waals surface area contributed by atoms with Crippen LogP contribution in [0.2, 0.25) is 0 Å². The average molecular weight is 291 g/mol. The van der Waals surface area contributed by atoms with E-state index in [9.17, 15) is 4.79 Å². The van der Waals surface area contributed by atoms with Crippen molar-refractivity contribution < 1.29 is 4.79 Å². The van der Waals surface area contributed by atoms with Crippen LogP contribution in [0.25, 0.3) is 0 Å². The highest BCUT2D eigenvalue weighted by molar-refractivity contribution is 7.07. The molecule has 2 atom stereocenters. The molecule has 2 nitrogen and oxygen atoms in total. The van der Waals surface area contributed by atoms with Crippen LogP contribution in [-0.4, -0.2) is 23.3 Å². The average Bonchev–Trinajstić information content (AvgIpc) is 3.18. The first-order valence-electron chi connectivity index (χ1n) is 8.04. The van der Waals surface area contributed by atoms with Crippen LogP contribution in [0.1, 0.15) is 51.0 Å².